The summed E-state index contributed by atoms with van der Waals surface area (Å²) in [7, 11) is 0. The maximum atomic E-state index is 12.4. The van der Waals surface area contributed by atoms with Gasteiger partial charge in [-0.15, -0.1) is 0 Å². The molecular formula is C16H17ClN2O2. The molecule has 5 heteroatoms. The molecule has 1 amide bonds. The molecule has 0 aliphatic heterocycles. The lowest BCUT2D eigenvalue weighted by molar-refractivity contribution is -0.116. The molecule has 0 aliphatic carbocycles. The SMILES string of the molecule is CC(C)CC(=O)Nc1ccc(Cl)cc1C(=O)c1ccc[nH]1. The minimum Gasteiger partial charge on any atom is -0.359 e. The van der Waals surface area contributed by atoms with Crippen LogP contribution >= 0.6 is 11.6 Å². The van der Waals surface area contributed by atoms with Gasteiger partial charge in [0.15, 0.2) is 0 Å². The first kappa shape index (κ1) is 15.3. The highest BCUT2D eigenvalue weighted by atomic mass is 35.5. The van der Waals surface area contributed by atoms with Crippen molar-refractivity contribution in [2.24, 2.45) is 5.92 Å². The summed E-state index contributed by atoms with van der Waals surface area (Å²) in [5.41, 5.74) is 1.31. The van der Waals surface area contributed by atoms with E-state index in [1.807, 2.05) is 13.8 Å². The zero-order valence-corrected chi connectivity index (χ0v) is 12.7. The largest absolute Gasteiger partial charge is 0.359 e. The van der Waals surface area contributed by atoms with E-state index in [0.717, 1.165) is 0 Å². The van der Waals surface area contributed by atoms with Gasteiger partial charge >= 0.3 is 0 Å². The van der Waals surface area contributed by atoms with E-state index < -0.39 is 0 Å². The summed E-state index contributed by atoms with van der Waals surface area (Å²) < 4.78 is 0. The van der Waals surface area contributed by atoms with Crippen molar-refractivity contribution in [3.05, 3.63) is 52.8 Å². The van der Waals surface area contributed by atoms with Gasteiger partial charge < -0.3 is 10.3 Å². The highest BCUT2D eigenvalue weighted by molar-refractivity contribution is 6.31. The monoisotopic (exact) mass is 304 g/mol. The third-order valence-corrected chi connectivity index (χ3v) is 3.17. The van der Waals surface area contributed by atoms with Crippen LogP contribution in [0.3, 0.4) is 0 Å². The maximum absolute atomic E-state index is 12.4. The van der Waals surface area contributed by atoms with Crippen LogP contribution in [0.25, 0.3) is 0 Å². The molecule has 0 bridgehead atoms. The molecule has 1 aromatic carbocycles. The topological polar surface area (TPSA) is 62.0 Å². The lowest BCUT2D eigenvalue weighted by atomic mass is 10.1. The Balaban J connectivity index is 2.30. The van der Waals surface area contributed by atoms with E-state index in [9.17, 15) is 9.59 Å². The van der Waals surface area contributed by atoms with Crippen molar-refractivity contribution in [1.29, 1.82) is 0 Å². The number of nitrogens with one attached hydrogen (secondary N) is 2. The van der Waals surface area contributed by atoms with Gasteiger partial charge in [0.25, 0.3) is 0 Å². The molecule has 21 heavy (non-hydrogen) atoms. The van der Waals surface area contributed by atoms with Gasteiger partial charge in [-0.05, 0) is 36.2 Å². The average molecular weight is 305 g/mol. The summed E-state index contributed by atoms with van der Waals surface area (Å²) in [5.74, 6) is -0.0740. The second-order valence-corrected chi connectivity index (χ2v) is 5.69. The number of anilines is 1. The van der Waals surface area contributed by atoms with E-state index in [1.54, 1.807) is 36.5 Å². The Morgan fingerprint density at radius 2 is 2.05 bits per heavy atom. The standard InChI is InChI=1S/C16H17ClN2O2/c1-10(2)8-15(20)19-13-6-5-11(17)9-12(13)16(21)14-4-3-7-18-14/h3-7,9-10,18H,8H2,1-2H3,(H,19,20). The number of aromatic amines is 1. The van der Waals surface area contributed by atoms with E-state index in [-0.39, 0.29) is 17.6 Å². The Bertz CT molecular complexity index is 648. The molecule has 2 aromatic rings. The normalized spacial score (nSPS) is 10.7. The van der Waals surface area contributed by atoms with Crippen LogP contribution in [-0.4, -0.2) is 16.7 Å². The van der Waals surface area contributed by atoms with Crippen LogP contribution in [0, 0.1) is 5.92 Å². The molecular weight excluding hydrogens is 288 g/mol. The third kappa shape index (κ3) is 3.95. The zero-order valence-electron chi connectivity index (χ0n) is 11.9. The fourth-order valence-corrected chi connectivity index (χ4v) is 2.17. The molecule has 0 radical (unpaired) electrons. The van der Waals surface area contributed by atoms with Gasteiger partial charge in [0.1, 0.15) is 0 Å². The Kier molecular flexibility index (Phi) is 4.81. The maximum Gasteiger partial charge on any atom is 0.224 e. The van der Waals surface area contributed by atoms with Gasteiger partial charge in [-0.2, -0.15) is 0 Å². The molecule has 0 atom stereocenters. The van der Waals surface area contributed by atoms with E-state index >= 15 is 0 Å². The molecule has 1 heterocycles. The van der Waals surface area contributed by atoms with E-state index in [2.05, 4.69) is 10.3 Å². The summed E-state index contributed by atoms with van der Waals surface area (Å²) in [6.45, 7) is 3.93. The minimum atomic E-state index is -0.206. The molecule has 0 spiro atoms. The van der Waals surface area contributed by atoms with Crippen LogP contribution < -0.4 is 5.32 Å². The highest BCUT2D eigenvalue weighted by Crippen LogP contribution is 2.23. The minimum absolute atomic E-state index is 0.118. The summed E-state index contributed by atoms with van der Waals surface area (Å²) in [6.07, 6.45) is 2.08. The first-order chi connectivity index (χ1) is 9.97. The lowest BCUT2D eigenvalue weighted by Gasteiger charge is -2.11. The van der Waals surface area contributed by atoms with Gasteiger partial charge in [-0.3, -0.25) is 9.59 Å². The van der Waals surface area contributed by atoms with Gasteiger partial charge in [-0.25, -0.2) is 0 Å². The van der Waals surface area contributed by atoms with Crippen LogP contribution in [-0.2, 0) is 4.79 Å². The number of hydrogen-bond donors (Lipinski definition) is 2. The van der Waals surface area contributed by atoms with Crippen LogP contribution in [0.1, 0.15) is 36.3 Å². The van der Waals surface area contributed by atoms with Gasteiger partial charge in [0.05, 0.1) is 11.4 Å². The number of halogens is 1. The summed E-state index contributed by atoms with van der Waals surface area (Å²) >= 11 is 5.97. The van der Waals surface area contributed by atoms with Crippen molar-refractivity contribution in [3.63, 3.8) is 0 Å². The number of carbonyl (C=O) groups excluding carboxylic acids is 2. The fourth-order valence-electron chi connectivity index (χ4n) is 2.00. The Hall–Kier alpha value is -2.07. The van der Waals surface area contributed by atoms with Crippen molar-refractivity contribution in [2.75, 3.05) is 5.32 Å². The fraction of sp³-hybridized carbons (Fsp3) is 0.250. The van der Waals surface area contributed by atoms with Gasteiger partial charge in [0.2, 0.25) is 11.7 Å². The summed E-state index contributed by atoms with van der Waals surface area (Å²) in [5, 5.41) is 3.23. The van der Waals surface area contributed by atoms with Crippen LogP contribution in [0.2, 0.25) is 5.02 Å². The van der Waals surface area contributed by atoms with Gasteiger partial charge in [0, 0.05) is 23.2 Å². The third-order valence-electron chi connectivity index (χ3n) is 2.94. The molecule has 0 fully saturated rings. The number of H-pyrrole nitrogens is 1. The zero-order chi connectivity index (χ0) is 15.4. The van der Waals surface area contributed by atoms with Crippen LogP contribution in [0.15, 0.2) is 36.5 Å². The number of benzene rings is 1. The first-order valence-electron chi connectivity index (χ1n) is 6.75. The predicted octanol–water partition coefficient (Wildman–Crippen LogP) is 3.88. The molecule has 0 saturated carbocycles. The van der Waals surface area contributed by atoms with Crippen molar-refractivity contribution >= 4 is 29.0 Å². The number of carbonyl (C=O) groups is 2. The van der Waals surface area contributed by atoms with E-state index in [1.165, 1.54) is 0 Å². The second-order valence-electron chi connectivity index (χ2n) is 5.25. The molecule has 4 nitrogen and oxygen atoms in total. The molecule has 0 aliphatic rings. The van der Waals surface area contributed by atoms with Crippen molar-refractivity contribution in [2.45, 2.75) is 20.3 Å². The number of rotatable bonds is 5. The molecule has 0 unspecified atom stereocenters. The Morgan fingerprint density at radius 1 is 1.29 bits per heavy atom. The first-order valence-corrected chi connectivity index (χ1v) is 7.12. The molecule has 2 N–H and O–H groups in total. The van der Waals surface area contributed by atoms with Crippen molar-refractivity contribution in [1.82, 2.24) is 4.98 Å². The van der Waals surface area contributed by atoms with Crippen LogP contribution in [0.5, 0.6) is 0 Å². The molecule has 2 rings (SSSR count). The Labute approximate surface area is 128 Å². The molecule has 1 aromatic heterocycles. The lowest BCUT2D eigenvalue weighted by Crippen LogP contribution is -2.16. The average Bonchev–Trinajstić information content (AvgIpc) is 2.93. The molecule has 0 saturated heterocycles. The summed E-state index contributed by atoms with van der Waals surface area (Å²) in [6, 6.07) is 8.29. The highest BCUT2D eigenvalue weighted by Gasteiger charge is 2.17. The molecule has 110 valence electrons. The second kappa shape index (κ2) is 6.59. The smallest absolute Gasteiger partial charge is 0.224 e. The summed E-state index contributed by atoms with van der Waals surface area (Å²) in [4.78, 5) is 27.2. The number of hydrogen-bond acceptors (Lipinski definition) is 2. The van der Waals surface area contributed by atoms with Crippen molar-refractivity contribution in [3.8, 4) is 0 Å². The van der Waals surface area contributed by atoms with E-state index in [0.29, 0.717) is 28.4 Å². The number of aromatic nitrogens is 1. The van der Waals surface area contributed by atoms with Gasteiger partial charge in [-0.1, -0.05) is 25.4 Å². The predicted molar refractivity (Wildman–Crippen MR) is 83.8 cm³/mol. The number of amides is 1. The van der Waals surface area contributed by atoms with Crippen molar-refractivity contribution < 1.29 is 9.59 Å². The van der Waals surface area contributed by atoms with Crippen LogP contribution in [0.4, 0.5) is 5.69 Å². The quantitative estimate of drug-likeness (QED) is 0.823. The van der Waals surface area contributed by atoms with E-state index in [4.69, 9.17) is 11.6 Å². The Morgan fingerprint density at radius 3 is 2.67 bits per heavy atom. The number of ketones is 1.